The minimum Gasteiger partial charge on any atom is -0.480 e. The number of fused-ring (bicyclic) bond motifs is 1. The summed E-state index contributed by atoms with van der Waals surface area (Å²) in [4.78, 5) is 10.9. The zero-order valence-corrected chi connectivity index (χ0v) is 8.10. The quantitative estimate of drug-likeness (QED) is 0.621. The molecule has 1 N–H and O–H groups in total. The molecule has 1 heterocycles. The van der Waals surface area contributed by atoms with Crippen LogP contribution in [0.2, 0.25) is 0 Å². The summed E-state index contributed by atoms with van der Waals surface area (Å²) in [6.45, 7) is 0.951. The van der Waals surface area contributed by atoms with Gasteiger partial charge in [0.1, 0.15) is 6.04 Å². The number of carbonyl (C=O) groups is 1. The maximum absolute atomic E-state index is 10.9. The van der Waals surface area contributed by atoms with Gasteiger partial charge in [-0.3, -0.25) is 9.46 Å². The molecule has 3 nitrogen and oxygen atoms in total. The molecule has 0 aromatic heterocycles. The first kappa shape index (κ1) is 8.46. The fraction of sp³-hybridized carbons (Fsp3) is 0.875. The van der Waals surface area contributed by atoms with Crippen molar-refractivity contribution in [3.05, 3.63) is 0 Å². The van der Waals surface area contributed by atoms with E-state index >= 15 is 0 Å². The molecule has 1 aliphatic heterocycles. The Kier molecular flexibility index (Phi) is 2.09. The fourth-order valence-electron chi connectivity index (χ4n) is 2.66. The molecule has 0 amide bonds. The van der Waals surface area contributed by atoms with E-state index < -0.39 is 5.97 Å². The van der Waals surface area contributed by atoms with Gasteiger partial charge in [-0.1, -0.05) is 15.8 Å². The van der Waals surface area contributed by atoms with Gasteiger partial charge in [0.15, 0.2) is 0 Å². The summed E-state index contributed by atoms with van der Waals surface area (Å²) in [5.41, 5.74) is 0. The number of carboxylic acids is 1. The molecule has 2 aliphatic rings. The van der Waals surface area contributed by atoms with Crippen LogP contribution in [0.25, 0.3) is 0 Å². The Morgan fingerprint density at radius 1 is 1.50 bits per heavy atom. The van der Waals surface area contributed by atoms with Gasteiger partial charge in [-0.15, -0.1) is 0 Å². The maximum atomic E-state index is 10.9. The number of carboxylic acid groups (broad SMARTS) is 1. The van der Waals surface area contributed by atoms with E-state index in [1.165, 1.54) is 12.8 Å². The molecule has 1 unspecified atom stereocenters. The Morgan fingerprint density at radius 3 is 2.92 bits per heavy atom. The highest BCUT2D eigenvalue weighted by Crippen LogP contribution is 2.43. The highest BCUT2D eigenvalue weighted by molar-refractivity contribution is 7.13. The van der Waals surface area contributed by atoms with Crippen LogP contribution >= 0.6 is 9.39 Å². The average molecular weight is 187 g/mol. The molecule has 4 heteroatoms. The van der Waals surface area contributed by atoms with Crippen LogP contribution in [0.15, 0.2) is 0 Å². The molecule has 2 fully saturated rings. The number of rotatable bonds is 1. The topological polar surface area (TPSA) is 40.5 Å². The standard InChI is InChI=1S/C8H14NO2P/c10-8(11)7-6-3-1-2-5(6)4-9(7)12/h5-7H,1-4,12H2,(H,10,11)/t5-,6-,7+/m0/s1. The first-order valence-electron chi connectivity index (χ1n) is 4.44. The molecule has 4 atom stereocenters. The summed E-state index contributed by atoms with van der Waals surface area (Å²) >= 11 is 0. The fourth-order valence-corrected chi connectivity index (χ4v) is 3.28. The first-order chi connectivity index (χ1) is 5.70. The minimum absolute atomic E-state index is 0.234. The average Bonchev–Trinajstić information content (AvgIpc) is 2.44. The highest BCUT2D eigenvalue weighted by Gasteiger charge is 2.46. The van der Waals surface area contributed by atoms with Crippen LogP contribution < -0.4 is 0 Å². The summed E-state index contributed by atoms with van der Waals surface area (Å²) in [5, 5.41) is 8.98. The monoisotopic (exact) mass is 187 g/mol. The third-order valence-electron chi connectivity index (χ3n) is 3.18. The van der Waals surface area contributed by atoms with Crippen LogP contribution in [-0.4, -0.2) is 28.3 Å². The predicted octanol–water partition coefficient (Wildman–Crippen LogP) is 0.962. The van der Waals surface area contributed by atoms with Crippen LogP contribution in [0.4, 0.5) is 0 Å². The van der Waals surface area contributed by atoms with E-state index in [9.17, 15) is 4.79 Å². The van der Waals surface area contributed by atoms with E-state index in [-0.39, 0.29) is 6.04 Å². The van der Waals surface area contributed by atoms with Crippen molar-refractivity contribution in [3.63, 3.8) is 0 Å². The molecule has 0 bridgehead atoms. The molecule has 1 saturated carbocycles. The van der Waals surface area contributed by atoms with Crippen molar-refractivity contribution >= 4 is 15.4 Å². The van der Waals surface area contributed by atoms with Crippen molar-refractivity contribution in [3.8, 4) is 0 Å². The van der Waals surface area contributed by atoms with Gasteiger partial charge in [0, 0.05) is 6.54 Å². The van der Waals surface area contributed by atoms with E-state index in [1.807, 2.05) is 4.67 Å². The molecule has 1 aliphatic carbocycles. The van der Waals surface area contributed by atoms with Crippen molar-refractivity contribution in [2.75, 3.05) is 6.54 Å². The lowest BCUT2D eigenvalue weighted by Gasteiger charge is -2.18. The summed E-state index contributed by atoms with van der Waals surface area (Å²) < 4.78 is 1.91. The largest absolute Gasteiger partial charge is 0.480 e. The number of hydrogen-bond donors (Lipinski definition) is 1. The number of nitrogens with zero attached hydrogens (tertiary/aromatic N) is 1. The zero-order valence-electron chi connectivity index (χ0n) is 6.94. The van der Waals surface area contributed by atoms with Gasteiger partial charge < -0.3 is 5.11 Å². The number of aliphatic carboxylic acids is 1. The summed E-state index contributed by atoms with van der Waals surface area (Å²) in [7, 11) is 2.54. The van der Waals surface area contributed by atoms with Gasteiger partial charge in [0.05, 0.1) is 0 Å². The van der Waals surface area contributed by atoms with Crippen molar-refractivity contribution < 1.29 is 9.90 Å². The third kappa shape index (κ3) is 1.16. The van der Waals surface area contributed by atoms with E-state index in [0.29, 0.717) is 11.8 Å². The second-order valence-corrected chi connectivity index (χ2v) is 4.50. The molecule has 68 valence electrons. The second kappa shape index (κ2) is 2.97. The lowest BCUT2D eigenvalue weighted by Crippen LogP contribution is -2.33. The van der Waals surface area contributed by atoms with Crippen molar-refractivity contribution in [1.29, 1.82) is 0 Å². The second-order valence-electron chi connectivity index (χ2n) is 3.83. The van der Waals surface area contributed by atoms with E-state index in [0.717, 1.165) is 13.0 Å². The van der Waals surface area contributed by atoms with Gasteiger partial charge in [0.2, 0.25) is 0 Å². The lowest BCUT2D eigenvalue weighted by molar-refractivity contribution is -0.141. The number of hydrogen-bond acceptors (Lipinski definition) is 2. The van der Waals surface area contributed by atoms with Crippen LogP contribution in [0, 0.1) is 11.8 Å². The molecule has 1 saturated heterocycles. The molecular weight excluding hydrogens is 173 g/mol. The first-order valence-corrected chi connectivity index (χ1v) is 4.96. The maximum Gasteiger partial charge on any atom is 0.321 e. The van der Waals surface area contributed by atoms with Crippen molar-refractivity contribution in [1.82, 2.24) is 4.67 Å². The summed E-state index contributed by atoms with van der Waals surface area (Å²) in [6, 6.07) is -0.234. The molecule has 0 aromatic carbocycles. The van der Waals surface area contributed by atoms with E-state index in [1.54, 1.807) is 0 Å². The van der Waals surface area contributed by atoms with Crippen molar-refractivity contribution in [2.45, 2.75) is 25.3 Å². The summed E-state index contributed by atoms with van der Waals surface area (Å²) in [6.07, 6.45) is 3.55. The van der Waals surface area contributed by atoms with Crippen molar-refractivity contribution in [2.24, 2.45) is 11.8 Å². The Bertz CT molecular complexity index is 209. The Morgan fingerprint density at radius 2 is 2.25 bits per heavy atom. The molecule has 0 aromatic rings. The van der Waals surface area contributed by atoms with Gasteiger partial charge >= 0.3 is 5.97 Å². The van der Waals surface area contributed by atoms with E-state index in [4.69, 9.17) is 5.11 Å². The van der Waals surface area contributed by atoms with Crippen LogP contribution in [0.3, 0.4) is 0 Å². The molecule has 12 heavy (non-hydrogen) atoms. The lowest BCUT2D eigenvalue weighted by atomic mass is 9.94. The highest BCUT2D eigenvalue weighted by atomic mass is 31.0. The van der Waals surface area contributed by atoms with Gasteiger partial charge in [0.25, 0.3) is 0 Å². The third-order valence-corrected chi connectivity index (χ3v) is 3.71. The zero-order chi connectivity index (χ0) is 8.72. The van der Waals surface area contributed by atoms with Gasteiger partial charge in [-0.25, -0.2) is 0 Å². The predicted molar refractivity (Wildman–Crippen MR) is 48.7 cm³/mol. The minimum atomic E-state index is -0.653. The van der Waals surface area contributed by atoms with Crippen LogP contribution in [-0.2, 0) is 4.79 Å². The molecule has 2 rings (SSSR count). The van der Waals surface area contributed by atoms with E-state index in [2.05, 4.69) is 9.39 Å². The van der Waals surface area contributed by atoms with Crippen LogP contribution in [0.1, 0.15) is 19.3 Å². The molecular formula is C8H14NO2P. The van der Waals surface area contributed by atoms with Gasteiger partial charge in [-0.2, -0.15) is 0 Å². The Labute approximate surface area is 74.4 Å². The molecule has 0 spiro atoms. The smallest absolute Gasteiger partial charge is 0.321 e. The Balaban J connectivity index is 2.15. The molecule has 0 radical (unpaired) electrons. The SMILES string of the molecule is O=C(O)[C@H]1[C@H]2CCC[C@H]2CN1P. The normalized spacial score (nSPS) is 41.6. The Hall–Kier alpha value is -0.140. The van der Waals surface area contributed by atoms with Crippen LogP contribution in [0.5, 0.6) is 0 Å². The summed E-state index contributed by atoms with van der Waals surface area (Å²) in [5.74, 6) is 0.406. The van der Waals surface area contributed by atoms with Gasteiger partial charge in [-0.05, 0) is 24.7 Å².